The van der Waals surface area contributed by atoms with Crippen LogP contribution in [0.15, 0.2) is 71.9 Å². The first-order valence-corrected chi connectivity index (χ1v) is 11.2. The lowest BCUT2D eigenvalue weighted by Gasteiger charge is -2.20. The summed E-state index contributed by atoms with van der Waals surface area (Å²) in [6, 6.07) is 0. The Balaban J connectivity index is -0.000000318. The van der Waals surface area contributed by atoms with Crippen LogP contribution < -0.4 is 0 Å². The highest BCUT2D eigenvalue weighted by atomic mass is 16.1. The smallest absolute Gasteiger partial charge is 0.192 e. The minimum atomic E-state index is 0.0874. The molecule has 0 aromatic carbocycles. The maximum absolute atomic E-state index is 12.7. The monoisotopic (exact) mass is 388 g/mol. The van der Waals surface area contributed by atoms with Crippen LogP contribution in [0.5, 0.6) is 0 Å². The summed E-state index contributed by atoms with van der Waals surface area (Å²) in [7, 11) is 0. The molecule has 0 unspecified atom stereocenters. The summed E-state index contributed by atoms with van der Waals surface area (Å²) in [4.78, 5) is 12.7. The van der Waals surface area contributed by atoms with Gasteiger partial charge in [-0.3, -0.25) is 4.79 Å². The van der Waals surface area contributed by atoms with Crippen molar-refractivity contribution in [3.8, 4) is 0 Å². The molecular formula is C27H48O. The highest BCUT2D eigenvalue weighted by Gasteiger charge is 2.20. The van der Waals surface area contributed by atoms with Gasteiger partial charge in [0, 0.05) is 11.1 Å². The zero-order valence-electron chi connectivity index (χ0n) is 20.6. The molecule has 0 bridgehead atoms. The lowest BCUT2D eigenvalue weighted by atomic mass is 9.84. The van der Waals surface area contributed by atoms with Gasteiger partial charge in [0.15, 0.2) is 5.78 Å². The Morgan fingerprint density at radius 1 is 0.821 bits per heavy atom. The Morgan fingerprint density at radius 2 is 1.32 bits per heavy atom. The molecule has 0 aromatic rings. The van der Waals surface area contributed by atoms with E-state index in [1.54, 1.807) is 12.2 Å². The quantitative estimate of drug-likeness (QED) is 0.327. The highest BCUT2D eigenvalue weighted by Crippen LogP contribution is 2.32. The predicted molar refractivity (Wildman–Crippen MR) is 133 cm³/mol. The molecule has 0 saturated heterocycles. The molecule has 1 aliphatic rings. The summed E-state index contributed by atoms with van der Waals surface area (Å²) in [5.74, 6) is 0.0874. The molecule has 0 atom stereocenters. The van der Waals surface area contributed by atoms with E-state index >= 15 is 0 Å². The lowest BCUT2D eigenvalue weighted by Crippen LogP contribution is -2.11. The van der Waals surface area contributed by atoms with Gasteiger partial charge in [0.05, 0.1) is 0 Å². The van der Waals surface area contributed by atoms with E-state index in [1.165, 1.54) is 17.6 Å². The van der Waals surface area contributed by atoms with E-state index in [0.717, 1.165) is 24.8 Å². The molecule has 0 spiro atoms. The fraction of sp³-hybridized carbons (Fsp3) is 0.519. The molecule has 1 aliphatic carbocycles. The molecule has 1 nitrogen and oxygen atoms in total. The first-order valence-electron chi connectivity index (χ1n) is 11.2. The van der Waals surface area contributed by atoms with Crippen molar-refractivity contribution >= 4 is 5.78 Å². The van der Waals surface area contributed by atoms with Gasteiger partial charge in [0.2, 0.25) is 0 Å². The summed E-state index contributed by atoms with van der Waals surface area (Å²) < 4.78 is 0. The molecule has 162 valence electrons. The normalized spacial score (nSPS) is 13.4. The fourth-order valence-electron chi connectivity index (χ4n) is 2.53. The minimum Gasteiger partial charge on any atom is -0.289 e. The third kappa shape index (κ3) is 13.3. The van der Waals surface area contributed by atoms with Crippen LogP contribution in [0.1, 0.15) is 94.9 Å². The summed E-state index contributed by atoms with van der Waals surface area (Å²) in [5, 5.41) is 0. The SMILES string of the molecule is C=C/C=C\C(=C/C)C(=O)/C(=C/C)C1=C(C=C)CCCC1.CC.CC.CC.CC. The molecule has 0 amide bonds. The average Bonchev–Trinajstić information content (AvgIpc) is 2.80. The third-order valence-electron chi connectivity index (χ3n) is 3.60. The number of carbonyl (C=O) groups is 1. The molecule has 0 radical (unpaired) electrons. The van der Waals surface area contributed by atoms with E-state index in [0.29, 0.717) is 5.57 Å². The topological polar surface area (TPSA) is 17.1 Å². The van der Waals surface area contributed by atoms with Crippen molar-refractivity contribution in [3.05, 3.63) is 71.9 Å². The Bertz CT molecular complexity index is 510. The first-order chi connectivity index (χ1) is 13.7. The first kappa shape index (κ1) is 33.7. The van der Waals surface area contributed by atoms with Gasteiger partial charge in [-0.2, -0.15) is 0 Å². The van der Waals surface area contributed by atoms with Gasteiger partial charge >= 0.3 is 0 Å². The van der Waals surface area contributed by atoms with Crippen LogP contribution in [0.3, 0.4) is 0 Å². The van der Waals surface area contributed by atoms with Crippen LogP contribution in [0.4, 0.5) is 0 Å². The highest BCUT2D eigenvalue weighted by molar-refractivity contribution is 6.12. The molecule has 0 aliphatic heterocycles. The maximum atomic E-state index is 12.7. The second-order valence-corrected chi connectivity index (χ2v) is 4.79. The van der Waals surface area contributed by atoms with Crippen molar-refractivity contribution in [2.45, 2.75) is 94.9 Å². The van der Waals surface area contributed by atoms with Crippen LogP contribution in [0, 0.1) is 0 Å². The number of Topliss-reactive ketones (excluding diaryl/α,β-unsaturated/α-hetero) is 1. The van der Waals surface area contributed by atoms with Gasteiger partial charge in [0.25, 0.3) is 0 Å². The van der Waals surface area contributed by atoms with E-state index in [-0.39, 0.29) is 5.78 Å². The van der Waals surface area contributed by atoms with E-state index in [1.807, 2.05) is 93.5 Å². The van der Waals surface area contributed by atoms with Crippen molar-refractivity contribution in [1.82, 2.24) is 0 Å². The Hall–Kier alpha value is -1.89. The van der Waals surface area contributed by atoms with Crippen LogP contribution in [0.25, 0.3) is 0 Å². The maximum Gasteiger partial charge on any atom is 0.192 e. The molecule has 0 heterocycles. The standard InChI is InChI=1S/C19H24O.4C2H6/c1-5-9-12-16(7-3)19(20)17(8-4)18-14-11-10-13-15(18)6-2;4*1-2/h5-9,12H,1-2,10-11,13-14H2,3-4H3;4*1-2H3/b12-9-,16-7+,17-8+;;;;. The van der Waals surface area contributed by atoms with Crippen molar-refractivity contribution in [1.29, 1.82) is 0 Å². The molecule has 0 fully saturated rings. The predicted octanol–water partition coefficient (Wildman–Crippen LogP) is 9.35. The van der Waals surface area contributed by atoms with Crippen LogP contribution in [-0.4, -0.2) is 5.78 Å². The second-order valence-electron chi connectivity index (χ2n) is 4.79. The number of allylic oxidation sites excluding steroid dienone is 10. The summed E-state index contributed by atoms with van der Waals surface area (Å²) in [5.41, 5.74) is 3.92. The molecule has 0 saturated carbocycles. The number of ketones is 1. The van der Waals surface area contributed by atoms with Gasteiger partial charge < -0.3 is 0 Å². The van der Waals surface area contributed by atoms with Crippen LogP contribution in [-0.2, 0) is 4.79 Å². The lowest BCUT2D eigenvalue weighted by molar-refractivity contribution is -0.111. The Kier molecular flexibility index (Phi) is 32.9. The molecule has 0 aromatic heterocycles. The Labute approximate surface area is 177 Å². The number of carbonyl (C=O) groups excluding carboxylic acids is 1. The van der Waals surface area contributed by atoms with E-state index in [9.17, 15) is 4.79 Å². The fourth-order valence-corrected chi connectivity index (χ4v) is 2.53. The van der Waals surface area contributed by atoms with Crippen molar-refractivity contribution in [2.75, 3.05) is 0 Å². The average molecular weight is 389 g/mol. The van der Waals surface area contributed by atoms with Gasteiger partial charge in [-0.05, 0) is 50.7 Å². The largest absolute Gasteiger partial charge is 0.289 e. The van der Waals surface area contributed by atoms with E-state index in [2.05, 4.69) is 13.2 Å². The van der Waals surface area contributed by atoms with Crippen LogP contribution in [0.2, 0.25) is 0 Å². The van der Waals surface area contributed by atoms with Gasteiger partial charge in [-0.15, -0.1) is 0 Å². The molecular weight excluding hydrogens is 340 g/mol. The van der Waals surface area contributed by atoms with Gasteiger partial charge in [-0.25, -0.2) is 0 Å². The summed E-state index contributed by atoms with van der Waals surface area (Å²) in [6.07, 6.45) is 15.3. The van der Waals surface area contributed by atoms with Crippen molar-refractivity contribution in [3.63, 3.8) is 0 Å². The minimum absolute atomic E-state index is 0.0874. The van der Waals surface area contributed by atoms with Crippen LogP contribution >= 0.6 is 0 Å². The summed E-state index contributed by atoms with van der Waals surface area (Å²) >= 11 is 0. The molecule has 1 rings (SSSR count). The third-order valence-corrected chi connectivity index (χ3v) is 3.60. The Morgan fingerprint density at radius 3 is 1.71 bits per heavy atom. The van der Waals surface area contributed by atoms with Crippen molar-refractivity contribution in [2.24, 2.45) is 0 Å². The number of hydrogen-bond donors (Lipinski definition) is 0. The van der Waals surface area contributed by atoms with Crippen molar-refractivity contribution < 1.29 is 4.79 Å². The zero-order valence-corrected chi connectivity index (χ0v) is 20.6. The number of rotatable bonds is 6. The number of hydrogen-bond acceptors (Lipinski definition) is 1. The summed E-state index contributed by atoms with van der Waals surface area (Å²) in [6.45, 7) is 27.3. The molecule has 0 N–H and O–H groups in total. The zero-order chi connectivity index (χ0) is 23.0. The molecule has 1 heteroatoms. The van der Waals surface area contributed by atoms with Gasteiger partial charge in [0.1, 0.15) is 0 Å². The van der Waals surface area contributed by atoms with E-state index < -0.39 is 0 Å². The second kappa shape index (κ2) is 27.3. The van der Waals surface area contributed by atoms with Gasteiger partial charge in [-0.1, -0.05) is 105 Å². The van der Waals surface area contributed by atoms with E-state index in [4.69, 9.17) is 0 Å². The molecule has 28 heavy (non-hydrogen) atoms.